The van der Waals surface area contributed by atoms with Gasteiger partial charge in [-0.05, 0) is 20.3 Å². The summed E-state index contributed by atoms with van der Waals surface area (Å²) in [5, 5.41) is 15.8. The highest BCUT2D eigenvalue weighted by Crippen LogP contribution is 1.99. The molecule has 14 heavy (non-hydrogen) atoms. The Balaban J connectivity index is 0. The van der Waals surface area contributed by atoms with Gasteiger partial charge in [-0.1, -0.05) is 6.92 Å². The van der Waals surface area contributed by atoms with Gasteiger partial charge in [-0.2, -0.15) is 0 Å². The monoisotopic (exact) mass is 205 g/mol. The molecule has 0 amide bonds. The summed E-state index contributed by atoms with van der Waals surface area (Å²) in [7, 11) is 0. The second-order valence-corrected chi connectivity index (χ2v) is 3.63. The van der Waals surface area contributed by atoms with Crippen LogP contribution in [0.2, 0.25) is 0 Å². The first-order valence-electron chi connectivity index (χ1n) is 4.41. The third-order valence-electron chi connectivity index (χ3n) is 1.46. The molecule has 0 aliphatic carbocycles. The van der Waals surface area contributed by atoms with E-state index < -0.39 is 11.9 Å². The minimum absolute atomic E-state index is 0.0417. The van der Waals surface area contributed by atoms with Crippen LogP contribution >= 0.6 is 0 Å². The SMILES string of the molecule is CCC(C)(C)N.O=C(O)CCC(=O)O. The Kier molecular flexibility index (Phi) is 8.04. The van der Waals surface area contributed by atoms with E-state index in [0.29, 0.717) is 0 Å². The van der Waals surface area contributed by atoms with E-state index in [-0.39, 0.29) is 18.4 Å². The van der Waals surface area contributed by atoms with Gasteiger partial charge in [-0.3, -0.25) is 9.59 Å². The summed E-state index contributed by atoms with van der Waals surface area (Å²) in [5.74, 6) is -2.15. The molecule has 0 rings (SSSR count). The molecule has 0 saturated carbocycles. The largest absolute Gasteiger partial charge is 0.481 e. The molecule has 5 heteroatoms. The maximum Gasteiger partial charge on any atom is 0.303 e. The minimum atomic E-state index is -1.08. The van der Waals surface area contributed by atoms with Crippen LogP contribution in [0.25, 0.3) is 0 Å². The summed E-state index contributed by atoms with van der Waals surface area (Å²) in [4.78, 5) is 19.3. The van der Waals surface area contributed by atoms with Gasteiger partial charge >= 0.3 is 11.9 Å². The third-order valence-corrected chi connectivity index (χ3v) is 1.46. The Labute approximate surface area is 83.9 Å². The number of hydrogen-bond donors (Lipinski definition) is 3. The van der Waals surface area contributed by atoms with E-state index in [4.69, 9.17) is 15.9 Å². The fourth-order valence-electron chi connectivity index (χ4n) is 0.214. The summed E-state index contributed by atoms with van der Waals surface area (Å²) in [5.41, 5.74) is 5.58. The lowest BCUT2D eigenvalue weighted by Crippen LogP contribution is -2.30. The van der Waals surface area contributed by atoms with Gasteiger partial charge in [0.25, 0.3) is 0 Å². The molecule has 0 fully saturated rings. The van der Waals surface area contributed by atoms with E-state index in [2.05, 4.69) is 6.92 Å². The van der Waals surface area contributed by atoms with E-state index in [9.17, 15) is 9.59 Å². The minimum Gasteiger partial charge on any atom is -0.481 e. The van der Waals surface area contributed by atoms with Crippen LogP contribution in [0.4, 0.5) is 0 Å². The second kappa shape index (κ2) is 7.32. The Bertz CT molecular complexity index is 170. The highest BCUT2D eigenvalue weighted by atomic mass is 16.4. The maximum absolute atomic E-state index is 9.64. The van der Waals surface area contributed by atoms with Crippen LogP contribution in [0.15, 0.2) is 0 Å². The zero-order valence-electron chi connectivity index (χ0n) is 8.91. The van der Waals surface area contributed by atoms with E-state index in [0.717, 1.165) is 6.42 Å². The first kappa shape index (κ1) is 15.4. The Morgan fingerprint density at radius 3 is 1.43 bits per heavy atom. The lowest BCUT2D eigenvalue weighted by Gasteiger charge is -2.13. The molecule has 0 heterocycles. The zero-order chi connectivity index (χ0) is 11.8. The molecule has 0 unspecified atom stereocenters. The smallest absolute Gasteiger partial charge is 0.303 e. The topological polar surface area (TPSA) is 101 Å². The van der Waals surface area contributed by atoms with Crippen LogP contribution in [0.5, 0.6) is 0 Å². The van der Waals surface area contributed by atoms with Gasteiger partial charge < -0.3 is 15.9 Å². The standard InChI is InChI=1S/C5H13N.C4H6O4/c1-4-5(2,3)6;5-3(6)1-2-4(7)8/h4,6H2,1-3H3;1-2H2,(H,5,6)(H,7,8). The van der Waals surface area contributed by atoms with Crippen LogP contribution in [-0.4, -0.2) is 27.7 Å². The molecule has 4 N–H and O–H groups in total. The van der Waals surface area contributed by atoms with Crippen molar-refractivity contribution < 1.29 is 19.8 Å². The molecule has 5 nitrogen and oxygen atoms in total. The molecular formula is C9H19NO4. The number of rotatable bonds is 4. The molecule has 0 atom stereocenters. The Morgan fingerprint density at radius 1 is 1.14 bits per heavy atom. The quantitative estimate of drug-likeness (QED) is 0.637. The van der Waals surface area contributed by atoms with E-state index in [1.165, 1.54) is 0 Å². The van der Waals surface area contributed by atoms with Crippen molar-refractivity contribution in [3.63, 3.8) is 0 Å². The highest BCUT2D eigenvalue weighted by molar-refractivity contribution is 5.75. The molecule has 0 aromatic rings. The van der Waals surface area contributed by atoms with Crippen LogP contribution in [0, 0.1) is 0 Å². The van der Waals surface area contributed by atoms with Crippen molar-refractivity contribution in [2.24, 2.45) is 5.73 Å². The maximum atomic E-state index is 9.64. The normalized spacial score (nSPS) is 10.0. The molecule has 0 bridgehead atoms. The summed E-state index contributed by atoms with van der Waals surface area (Å²) < 4.78 is 0. The van der Waals surface area contributed by atoms with Crippen LogP contribution in [0.1, 0.15) is 40.0 Å². The van der Waals surface area contributed by atoms with Crippen molar-refractivity contribution in [3.8, 4) is 0 Å². The van der Waals surface area contributed by atoms with E-state index in [1.807, 2.05) is 13.8 Å². The zero-order valence-corrected chi connectivity index (χ0v) is 8.91. The average molecular weight is 205 g/mol. The Morgan fingerprint density at radius 2 is 1.36 bits per heavy atom. The lowest BCUT2D eigenvalue weighted by atomic mass is 10.1. The molecule has 0 spiro atoms. The molecule has 0 aliphatic heterocycles. The van der Waals surface area contributed by atoms with Crippen molar-refractivity contribution in [1.29, 1.82) is 0 Å². The second-order valence-electron chi connectivity index (χ2n) is 3.63. The van der Waals surface area contributed by atoms with Gasteiger partial charge in [-0.25, -0.2) is 0 Å². The van der Waals surface area contributed by atoms with Crippen LogP contribution < -0.4 is 5.73 Å². The Hall–Kier alpha value is -1.10. The summed E-state index contributed by atoms with van der Waals surface area (Å²) in [6.45, 7) is 6.12. The molecule has 0 radical (unpaired) electrons. The number of carboxylic acid groups (broad SMARTS) is 2. The van der Waals surface area contributed by atoms with Crippen molar-refractivity contribution in [2.45, 2.75) is 45.6 Å². The van der Waals surface area contributed by atoms with Crippen molar-refractivity contribution in [2.75, 3.05) is 0 Å². The first-order valence-corrected chi connectivity index (χ1v) is 4.41. The number of hydrogen-bond acceptors (Lipinski definition) is 3. The molecule has 0 aromatic heterocycles. The molecular weight excluding hydrogens is 186 g/mol. The number of carbonyl (C=O) groups is 2. The summed E-state index contributed by atoms with van der Waals surface area (Å²) >= 11 is 0. The van der Waals surface area contributed by atoms with Crippen molar-refractivity contribution >= 4 is 11.9 Å². The summed E-state index contributed by atoms with van der Waals surface area (Å²) in [6, 6.07) is 0. The number of nitrogens with two attached hydrogens (primary N) is 1. The van der Waals surface area contributed by atoms with Crippen LogP contribution in [-0.2, 0) is 9.59 Å². The first-order chi connectivity index (χ1) is 6.19. The lowest BCUT2D eigenvalue weighted by molar-refractivity contribution is -0.143. The van der Waals surface area contributed by atoms with E-state index >= 15 is 0 Å². The number of aliphatic carboxylic acids is 2. The van der Waals surface area contributed by atoms with Crippen LogP contribution in [0.3, 0.4) is 0 Å². The fraction of sp³-hybridized carbons (Fsp3) is 0.778. The molecule has 0 aromatic carbocycles. The average Bonchev–Trinajstić information content (AvgIpc) is 2.01. The predicted molar refractivity (Wildman–Crippen MR) is 53.1 cm³/mol. The predicted octanol–water partition coefficient (Wildman–Crippen LogP) is 1.07. The third kappa shape index (κ3) is 22.4. The van der Waals surface area contributed by atoms with Gasteiger partial charge in [0, 0.05) is 5.54 Å². The number of carboxylic acids is 2. The summed E-state index contributed by atoms with van der Waals surface area (Å²) in [6.07, 6.45) is 0.456. The fourth-order valence-corrected chi connectivity index (χ4v) is 0.214. The van der Waals surface area contributed by atoms with Gasteiger partial charge in [0.05, 0.1) is 12.8 Å². The molecule has 0 saturated heterocycles. The van der Waals surface area contributed by atoms with Gasteiger partial charge in [0.2, 0.25) is 0 Å². The molecule has 84 valence electrons. The van der Waals surface area contributed by atoms with Crippen molar-refractivity contribution in [3.05, 3.63) is 0 Å². The van der Waals surface area contributed by atoms with Gasteiger partial charge in [0.15, 0.2) is 0 Å². The van der Waals surface area contributed by atoms with Gasteiger partial charge in [-0.15, -0.1) is 0 Å². The van der Waals surface area contributed by atoms with Gasteiger partial charge in [0.1, 0.15) is 0 Å². The van der Waals surface area contributed by atoms with E-state index in [1.54, 1.807) is 0 Å². The van der Waals surface area contributed by atoms with Crippen molar-refractivity contribution in [1.82, 2.24) is 0 Å². The molecule has 0 aliphatic rings. The highest BCUT2D eigenvalue weighted by Gasteiger charge is 2.03.